The molecule has 0 saturated heterocycles. The molecule has 3 aliphatic rings. The zero-order valence-electron chi connectivity index (χ0n) is 18.4. The highest BCUT2D eigenvalue weighted by Gasteiger charge is 2.38. The number of ether oxygens (including phenoxy) is 3. The molecule has 6 nitrogen and oxygen atoms in total. The summed E-state index contributed by atoms with van der Waals surface area (Å²) >= 11 is 0. The summed E-state index contributed by atoms with van der Waals surface area (Å²) in [5.41, 5.74) is 1.94. The molecule has 6 heteroatoms. The quantitative estimate of drug-likeness (QED) is 0.669. The van der Waals surface area contributed by atoms with Crippen molar-refractivity contribution in [3.8, 4) is 28.7 Å². The van der Waals surface area contributed by atoms with E-state index >= 15 is 0 Å². The molecule has 0 bridgehead atoms. The zero-order valence-corrected chi connectivity index (χ0v) is 18.4. The van der Waals surface area contributed by atoms with Gasteiger partial charge in [-0.05, 0) is 65.0 Å². The molecule has 5 rings (SSSR count). The summed E-state index contributed by atoms with van der Waals surface area (Å²) in [7, 11) is 0. The van der Waals surface area contributed by atoms with Crippen LogP contribution in [-0.4, -0.2) is 27.2 Å². The number of hydrogen-bond donors (Lipinski definition) is 2. The highest BCUT2D eigenvalue weighted by Crippen LogP contribution is 2.50. The number of benzene rings is 2. The van der Waals surface area contributed by atoms with Gasteiger partial charge in [-0.1, -0.05) is 0 Å². The second-order valence-corrected chi connectivity index (χ2v) is 10.1. The lowest BCUT2D eigenvalue weighted by molar-refractivity contribution is 0.0755. The Labute approximate surface area is 181 Å². The van der Waals surface area contributed by atoms with Crippen LogP contribution in [0.4, 0.5) is 0 Å². The number of Topliss-reactive ketones (excluding diaryl/α,β-unsaturated/α-hetero) is 1. The molecule has 0 aliphatic carbocycles. The van der Waals surface area contributed by atoms with Crippen LogP contribution in [0.1, 0.15) is 80.1 Å². The molecule has 3 aliphatic heterocycles. The summed E-state index contributed by atoms with van der Waals surface area (Å²) in [6.45, 7) is 8.05. The number of phenols is 2. The fourth-order valence-corrected chi connectivity index (χ4v) is 4.76. The fourth-order valence-electron chi connectivity index (χ4n) is 4.76. The Hall–Kier alpha value is -2.89. The van der Waals surface area contributed by atoms with Gasteiger partial charge in [-0.25, -0.2) is 0 Å². The largest absolute Gasteiger partial charge is 0.507 e. The topological polar surface area (TPSA) is 85.2 Å². The maximum Gasteiger partial charge on any atom is 0.174 e. The molecule has 2 aromatic rings. The van der Waals surface area contributed by atoms with Crippen molar-refractivity contribution in [2.75, 3.05) is 0 Å². The van der Waals surface area contributed by atoms with Crippen LogP contribution in [0.2, 0.25) is 0 Å². The van der Waals surface area contributed by atoms with E-state index in [4.69, 9.17) is 14.2 Å². The average Bonchev–Trinajstić information content (AvgIpc) is 2.65. The summed E-state index contributed by atoms with van der Waals surface area (Å²) in [5, 5.41) is 21.3. The van der Waals surface area contributed by atoms with Crippen LogP contribution in [0.5, 0.6) is 28.7 Å². The van der Waals surface area contributed by atoms with Gasteiger partial charge in [0, 0.05) is 23.3 Å². The van der Waals surface area contributed by atoms with Crippen LogP contribution in [0.25, 0.3) is 0 Å². The molecule has 0 fully saturated rings. The lowest BCUT2D eigenvalue weighted by atomic mass is 9.87. The Morgan fingerprint density at radius 3 is 2.29 bits per heavy atom. The van der Waals surface area contributed by atoms with Crippen molar-refractivity contribution < 1.29 is 29.2 Å². The molecular formula is C25H28O6. The molecule has 0 amide bonds. The molecule has 1 atom stereocenters. The van der Waals surface area contributed by atoms with Crippen LogP contribution in [0, 0.1) is 0 Å². The summed E-state index contributed by atoms with van der Waals surface area (Å²) in [5.74, 6) is 1.31. The van der Waals surface area contributed by atoms with Crippen LogP contribution >= 0.6 is 0 Å². The van der Waals surface area contributed by atoms with Crippen molar-refractivity contribution in [2.45, 2.75) is 77.1 Å². The smallest absolute Gasteiger partial charge is 0.174 e. The Morgan fingerprint density at radius 1 is 0.903 bits per heavy atom. The standard InChI is InChI=1S/C25H28O6/c1-24(2)7-5-13-9-15(16(26)10-19(13)30-24)20-11-17(27)22-18(28)12-21-14(23(22)29-20)6-8-25(3,4)31-21/h9-10,12,20,26,28H,5-8,11H2,1-4H3. The molecule has 31 heavy (non-hydrogen) atoms. The molecule has 0 saturated carbocycles. The summed E-state index contributed by atoms with van der Waals surface area (Å²) in [6, 6.07) is 5.03. The first-order chi connectivity index (χ1) is 14.5. The van der Waals surface area contributed by atoms with Gasteiger partial charge in [-0.2, -0.15) is 0 Å². The van der Waals surface area contributed by atoms with Gasteiger partial charge in [0.15, 0.2) is 5.78 Å². The first-order valence-electron chi connectivity index (χ1n) is 10.9. The minimum Gasteiger partial charge on any atom is -0.507 e. The first kappa shape index (κ1) is 20.0. The number of phenolic OH excluding ortho intramolecular Hbond substituents is 2. The molecule has 3 heterocycles. The van der Waals surface area contributed by atoms with E-state index in [1.807, 2.05) is 33.8 Å². The summed E-state index contributed by atoms with van der Waals surface area (Å²) in [6.07, 6.45) is 2.56. The van der Waals surface area contributed by atoms with Gasteiger partial charge in [0.05, 0.1) is 6.42 Å². The number of aryl methyl sites for hydroxylation is 1. The average molecular weight is 424 g/mol. The van der Waals surface area contributed by atoms with E-state index < -0.39 is 6.10 Å². The third-order valence-electron chi connectivity index (χ3n) is 6.53. The van der Waals surface area contributed by atoms with E-state index in [2.05, 4.69) is 0 Å². The molecule has 0 spiro atoms. The zero-order chi connectivity index (χ0) is 22.1. The Bertz CT molecular complexity index is 1100. The minimum atomic E-state index is -0.638. The van der Waals surface area contributed by atoms with Crippen molar-refractivity contribution in [1.82, 2.24) is 0 Å². The number of carbonyl (C=O) groups excluding carboxylic acids is 1. The Kier molecular flexibility index (Phi) is 4.24. The van der Waals surface area contributed by atoms with Crippen molar-refractivity contribution >= 4 is 5.78 Å². The SMILES string of the molecule is CC1(C)CCc2cc(C3CC(=O)c4c(O)cc5c(c4O3)CCC(C)(C)O5)c(O)cc2O1. The van der Waals surface area contributed by atoms with E-state index in [-0.39, 0.29) is 40.5 Å². The molecular weight excluding hydrogens is 396 g/mol. The second-order valence-electron chi connectivity index (χ2n) is 10.1. The van der Waals surface area contributed by atoms with Crippen LogP contribution in [0.3, 0.4) is 0 Å². The van der Waals surface area contributed by atoms with Gasteiger partial charge in [0.25, 0.3) is 0 Å². The lowest BCUT2D eigenvalue weighted by Crippen LogP contribution is -2.33. The molecule has 2 aromatic carbocycles. The normalized spacial score (nSPS) is 22.8. The highest BCUT2D eigenvalue weighted by molar-refractivity contribution is 6.03. The lowest BCUT2D eigenvalue weighted by Gasteiger charge is -2.36. The van der Waals surface area contributed by atoms with E-state index in [9.17, 15) is 15.0 Å². The number of carbonyl (C=O) groups is 1. The third-order valence-corrected chi connectivity index (χ3v) is 6.53. The molecule has 164 valence electrons. The monoisotopic (exact) mass is 424 g/mol. The van der Waals surface area contributed by atoms with E-state index in [0.29, 0.717) is 29.2 Å². The van der Waals surface area contributed by atoms with Crippen molar-refractivity contribution in [3.63, 3.8) is 0 Å². The van der Waals surface area contributed by atoms with Gasteiger partial charge in [-0.3, -0.25) is 4.79 Å². The second kappa shape index (κ2) is 6.55. The number of hydrogen-bond acceptors (Lipinski definition) is 6. The van der Waals surface area contributed by atoms with E-state index in [1.54, 1.807) is 6.07 Å². The molecule has 0 aromatic heterocycles. The van der Waals surface area contributed by atoms with Crippen molar-refractivity contribution in [1.29, 1.82) is 0 Å². The van der Waals surface area contributed by atoms with Crippen LogP contribution in [0.15, 0.2) is 18.2 Å². The van der Waals surface area contributed by atoms with Gasteiger partial charge < -0.3 is 24.4 Å². The van der Waals surface area contributed by atoms with Crippen molar-refractivity contribution in [3.05, 3.63) is 40.5 Å². The van der Waals surface area contributed by atoms with Crippen molar-refractivity contribution in [2.24, 2.45) is 0 Å². The summed E-state index contributed by atoms with van der Waals surface area (Å²) in [4.78, 5) is 13.0. The molecule has 2 N–H and O–H groups in total. The number of fused-ring (bicyclic) bond motifs is 4. The van der Waals surface area contributed by atoms with Gasteiger partial charge in [-0.15, -0.1) is 0 Å². The predicted molar refractivity (Wildman–Crippen MR) is 115 cm³/mol. The Morgan fingerprint density at radius 2 is 1.55 bits per heavy atom. The van der Waals surface area contributed by atoms with Gasteiger partial charge >= 0.3 is 0 Å². The minimum absolute atomic E-state index is 0.0455. The highest BCUT2D eigenvalue weighted by atomic mass is 16.5. The molecule has 0 radical (unpaired) electrons. The first-order valence-corrected chi connectivity index (χ1v) is 10.9. The van der Waals surface area contributed by atoms with E-state index in [1.165, 1.54) is 6.07 Å². The molecule has 1 unspecified atom stereocenters. The van der Waals surface area contributed by atoms with Crippen LogP contribution < -0.4 is 14.2 Å². The maximum absolute atomic E-state index is 13.0. The third kappa shape index (κ3) is 3.38. The Balaban J connectivity index is 1.55. The van der Waals surface area contributed by atoms with E-state index in [0.717, 1.165) is 30.4 Å². The van der Waals surface area contributed by atoms with Gasteiger partial charge in [0.1, 0.15) is 51.6 Å². The maximum atomic E-state index is 13.0. The summed E-state index contributed by atoms with van der Waals surface area (Å²) < 4.78 is 18.3. The fraction of sp³-hybridized carbons (Fsp3) is 0.480. The number of rotatable bonds is 1. The van der Waals surface area contributed by atoms with Gasteiger partial charge in [0.2, 0.25) is 0 Å². The predicted octanol–water partition coefficient (Wildman–Crippen LogP) is 5.01. The number of aromatic hydroxyl groups is 2. The van der Waals surface area contributed by atoms with Crippen LogP contribution in [-0.2, 0) is 12.8 Å². The number of ketones is 1.